The first-order valence-corrected chi connectivity index (χ1v) is 9.73. The largest absolute Gasteiger partial charge is 0.384 e. The molecule has 1 saturated heterocycles. The normalized spacial score (nSPS) is 16.6. The van der Waals surface area contributed by atoms with Crippen molar-refractivity contribution in [2.45, 2.75) is 12.5 Å². The Labute approximate surface area is 160 Å². The maximum Gasteiger partial charge on any atom is 0.205 e. The molecule has 25 heavy (non-hydrogen) atoms. The van der Waals surface area contributed by atoms with Crippen LogP contribution in [0, 0.1) is 11.3 Å². The van der Waals surface area contributed by atoms with E-state index in [9.17, 15) is 5.26 Å². The first kappa shape index (κ1) is 18.3. The van der Waals surface area contributed by atoms with E-state index in [2.05, 4.69) is 41.2 Å². The SMILES string of the molecule is COCCc1nsc(N2CCN(C(C#N)c3ccc(Br)cc3)CC2)n1. The number of halogens is 1. The molecule has 2 aromatic rings. The molecule has 1 aromatic carbocycles. The maximum atomic E-state index is 9.62. The summed E-state index contributed by atoms with van der Waals surface area (Å²) < 4.78 is 10.5. The van der Waals surface area contributed by atoms with Crippen LogP contribution in [0.3, 0.4) is 0 Å². The van der Waals surface area contributed by atoms with E-state index in [1.165, 1.54) is 11.5 Å². The lowest BCUT2D eigenvalue weighted by Gasteiger charge is -2.36. The van der Waals surface area contributed by atoms with Gasteiger partial charge in [-0.15, -0.1) is 0 Å². The van der Waals surface area contributed by atoms with Gasteiger partial charge in [0.05, 0.1) is 12.7 Å². The van der Waals surface area contributed by atoms with Crippen LogP contribution in [0.2, 0.25) is 0 Å². The Hall–Kier alpha value is -1.53. The van der Waals surface area contributed by atoms with Crippen LogP contribution in [-0.2, 0) is 11.2 Å². The van der Waals surface area contributed by atoms with Crippen molar-refractivity contribution in [2.75, 3.05) is 44.8 Å². The van der Waals surface area contributed by atoms with E-state index in [1.807, 2.05) is 24.3 Å². The third-order valence-electron chi connectivity index (χ3n) is 4.25. The number of aromatic nitrogens is 2. The van der Waals surface area contributed by atoms with E-state index in [1.54, 1.807) is 7.11 Å². The lowest BCUT2D eigenvalue weighted by atomic mass is 10.1. The predicted octanol–water partition coefficient (Wildman–Crippen LogP) is 2.88. The topological polar surface area (TPSA) is 65.3 Å². The average Bonchev–Trinajstić information content (AvgIpc) is 3.12. The molecule has 132 valence electrons. The molecule has 0 saturated carbocycles. The molecule has 6 nitrogen and oxygen atoms in total. The first-order chi connectivity index (χ1) is 12.2. The predicted molar refractivity (Wildman–Crippen MR) is 102 cm³/mol. The summed E-state index contributed by atoms with van der Waals surface area (Å²) in [7, 11) is 1.68. The molecule has 0 aliphatic carbocycles. The van der Waals surface area contributed by atoms with Crippen molar-refractivity contribution in [2.24, 2.45) is 0 Å². The van der Waals surface area contributed by atoms with E-state index in [-0.39, 0.29) is 6.04 Å². The number of methoxy groups -OCH3 is 1. The summed E-state index contributed by atoms with van der Waals surface area (Å²) >= 11 is 4.88. The summed E-state index contributed by atoms with van der Waals surface area (Å²) in [4.78, 5) is 9.07. The van der Waals surface area contributed by atoms with Crippen LogP contribution >= 0.6 is 27.5 Å². The highest BCUT2D eigenvalue weighted by atomic mass is 79.9. The molecular formula is C17H20BrN5OS. The van der Waals surface area contributed by atoms with E-state index >= 15 is 0 Å². The molecule has 1 unspecified atom stereocenters. The van der Waals surface area contributed by atoms with Crippen LogP contribution in [0.5, 0.6) is 0 Å². The van der Waals surface area contributed by atoms with E-state index in [4.69, 9.17) is 4.74 Å². The zero-order valence-electron chi connectivity index (χ0n) is 14.1. The molecule has 0 radical (unpaired) electrons. The highest BCUT2D eigenvalue weighted by Crippen LogP contribution is 2.25. The van der Waals surface area contributed by atoms with Gasteiger partial charge in [-0.2, -0.15) is 9.64 Å². The Morgan fingerprint density at radius 3 is 2.64 bits per heavy atom. The Bertz CT molecular complexity index is 721. The smallest absolute Gasteiger partial charge is 0.205 e. The molecule has 1 aliphatic rings. The summed E-state index contributed by atoms with van der Waals surface area (Å²) in [5.74, 6) is 0.842. The Morgan fingerprint density at radius 2 is 2.00 bits per heavy atom. The summed E-state index contributed by atoms with van der Waals surface area (Å²) in [5.41, 5.74) is 1.04. The highest BCUT2D eigenvalue weighted by Gasteiger charge is 2.26. The Balaban J connectivity index is 1.60. The quantitative estimate of drug-likeness (QED) is 0.714. The fourth-order valence-electron chi connectivity index (χ4n) is 2.85. The van der Waals surface area contributed by atoms with Crippen LogP contribution in [0.1, 0.15) is 17.4 Å². The van der Waals surface area contributed by atoms with Crippen LogP contribution < -0.4 is 4.90 Å². The molecule has 0 N–H and O–H groups in total. The third kappa shape index (κ3) is 4.55. The molecule has 0 bridgehead atoms. The number of rotatable bonds is 6. The number of anilines is 1. The fourth-order valence-corrected chi connectivity index (χ4v) is 3.88. The minimum absolute atomic E-state index is 0.207. The van der Waals surface area contributed by atoms with E-state index in [0.29, 0.717) is 6.61 Å². The number of nitrogens with zero attached hydrogens (tertiary/aromatic N) is 5. The van der Waals surface area contributed by atoms with Crippen molar-refractivity contribution in [1.82, 2.24) is 14.3 Å². The van der Waals surface area contributed by atoms with Crippen molar-refractivity contribution in [3.63, 3.8) is 0 Å². The second-order valence-electron chi connectivity index (χ2n) is 5.84. The second kappa shape index (κ2) is 8.72. The standard InChI is InChI=1S/C17H20BrN5OS/c1-24-11-6-16-20-17(25-21-16)23-9-7-22(8-10-23)15(12-19)13-2-4-14(18)5-3-13/h2-5,15H,6-11H2,1H3. The number of ether oxygens (including phenoxy) is 1. The molecule has 0 spiro atoms. The summed E-state index contributed by atoms with van der Waals surface area (Å²) in [6.45, 7) is 4.02. The van der Waals surface area contributed by atoms with Gasteiger partial charge in [0.25, 0.3) is 0 Å². The number of benzene rings is 1. The first-order valence-electron chi connectivity index (χ1n) is 8.17. The molecule has 1 aromatic heterocycles. The van der Waals surface area contributed by atoms with Gasteiger partial charge in [-0.3, -0.25) is 4.90 Å². The van der Waals surface area contributed by atoms with Gasteiger partial charge in [-0.05, 0) is 17.7 Å². The Morgan fingerprint density at radius 1 is 1.28 bits per heavy atom. The molecule has 8 heteroatoms. The second-order valence-corrected chi connectivity index (χ2v) is 7.49. The highest BCUT2D eigenvalue weighted by molar-refractivity contribution is 9.10. The van der Waals surface area contributed by atoms with Gasteiger partial charge in [0, 0.05) is 55.7 Å². The average molecular weight is 422 g/mol. The third-order valence-corrected chi connectivity index (χ3v) is 5.59. The van der Waals surface area contributed by atoms with Gasteiger partial charge in [-0.1, -0.05) is 28.1 Å². The molecule has 3 rings (SSSR count). The summed E-state index contributed by atoms with van der Waals surface area (Å²) in [6.07, 6.45) is 0.743. The van der Waals surface area contributed by atoms with E-state index < -0.39 is 0 Å². The van der Waals surface area contributed by atoms with Gasteiger partial charge in [0.1, 0.15) is 11.9 Å². The molecule has 1 aliphatic heterocycles. The monoisotopic (exact) mass is 421 g/mol. The molecule has 0 amide bonds. The van der Waals surface area contributed by atoms with Crippen molar-refractivity contribution in [3.8, 4) is 6.07 Å². The molecular weight excluding hydrogens is 402 g/mol. The zero-order valence-corrected chi connectivity index (χ0v) is 16.5. The van der Waals surface area contributed by atoms with Crippen molar-refractivity contribution in [1.29, 1.82) is 5.26 Å². The maximum absolute atomic E-state index is 9.62. The fraction of sp³-hybridized carbons (Fsp3) is 0.471. The summed E-state index contributed by atoms with van der Waals surface area (Å²) in [6, 6.07) is 10.2. The van der Waals surface area contributed by atoms with Crippen LogP contribution in [-0.4, -0.2) is 54.2 Å². The van der Waals surface area contributed by atoms with Crippen molar-refractivity contribution >= 4 is 32.6 Å². The van der Waals surface area contributed by atoms with Gasteiger partial charge in [0.15, 0.2) is 0 Å². The number of nitriles is 1. The zero-order chi connectivity index (χ0) is 17.6. The minimum Gasteiger partial charge on any atom is -0.384 e. The van der Waals surface area contributed by atoms with Gasteiger partial charge in [-0.25, -0.2) is 4.98 Å². The number of hydrogen-bond donors (Lipinski definition) is 0. The minimum atomic E-state index is -0.207. The molecule has 2 heterocycles. The van der Waals surface area contributed by atoms with Gasteiger partial charge >= 0.3 is 0 Å². The number of hydrogen-bond acceptors (Lipinski definition) is 7. The lowest BCUT2D eigenvalue weighted by Crippen LogP contribution is -2.47. The van der Waals surface area contributed by atoms with Crippen LogP contribution in [0.25, 0.3) is 0 Å². The van der Waals surface area contributed by atoms with Crippen molar-refractivity contribution < 1.29 is 4.74 Å². The van der Waals surface area contributed by atoms with Gasteiger partial charge in [0.2, 0.25) is 5.13 Å². The van der Waals surface area contributed by atoms with E-state index in [0.717, 1.165) is 53.6 Å². The molecule has 1 fully saturated rings. The van der Waals surface area contributed by atoms with Gasteiger partial charge < -0.3 is 9.64 Å². The van der Waals surface area contributed by atoms with Crippen molar-refractivity contribution in [3.05, 3.63) is 40.1 Å². The Kier molecular flexibility index (Phi) is 6.37. The van der Waals surface area contributed by atoms with Crippen LogP contribution in [0.4, 0.5) is 5.13 Å². The number of piperazine rings is 1. The lowest BCUT2D eigenvalue weighted by molar-refractivity contribution is 0.200. The molecule has 1 atom stereocenters. The van der Waals surface area contributed by atoms with Crippen LogP contribution in [0.15, 0.2) is 28.7 Å². The summed E-state index contributed by atoms with van der Waals surface area (Å²) in [5, 5.41) is 10.6.